The second-order valence-corrected chi connectivity index (χ2v) is 14.0. The maximum absolute atomic E-state index is 6.53. The van der Waals surface area contributed by atoms with Gasteiger partial charge in [-0.3, -0.25) is 0 Å². The lowest BCUT2D eigenvalue weighted by atomic mass is 10.0. The van der Waals surface area contributed by atoms with Crippen molar-refractivity contribution in [2.24, 2.45) is 0 Å². The molecule has 3 aromatic heterocycles. The van der Waals surface area contributed by atoms with Gasteiger partial charge in [-0.2, -0.15) is 0 Å². The Bertz CT molecular complexity index is 3220. The number of aromatic nitrogens is 4. The molecule has 8 aromatic carbocycles. The first-order valence-corrected chi connectivity index (χ1v) is 18.8. The molecule has 11 aromatic rings. The minimum Gasteiger partial charge on any atom is -0.455 e. The molecule has 0 saturated heterocycles. The summed E-state index contributed by atoms with van der Waals surface area (Å²) in [6.45, 7) is 0. The van der Waals surface area contributed by atoms with Crippen molar-refractivity contribution in [1.29, 1.82) is 0 Å². The van der Waals surface area contributed by atoms with E-state index in [1.807, 2.05) is 42.5 Å². The Hall–Kier alpha value is -7.63. The van der Waals surface area contributed by atoms with Crippen LogP contribution in [0.25, 0.3) is 106 Å². The van der Waals surface area contributed by atoms with Crippen molar-refractivity contribution in [3.05, 3.63) is 194 Å². The predicted octanol–water partition coefficient (Wildman–Crippen LogP) is 13.2. The zero-order valence-corrected chi connectivity index (χ0v) is 30.2. The molecule has 262 valence electrons. The molecule has 0 atom stereocenters. The van der Waals surface area contributed by atoms with Gasteiger partial charge in [-0.05, 0) is 59.2 Å². The summed E-state index contributed by atoms with van der Waals surface area (Å²) in [6, 6.07) is 67.4. The van der Waals surface area contributed by atoms with Crippen molar-refractivity contribution in [1.82, 2.24) is 19.5 Å². The Kier molecular flexibility index (Phi) is 7.42. The van der Waals surface area contributed by atoms with Crippen molar-refractivity contribution in [2.75, 3.05) is 0 Å². The van der Waals surface area contributed by atoms with E-state index in [1.165, 1.54) is 5.56 Å². The molecule has 5 heteroatoms. The standard InChI is InChI=1S/C51H32N4O/c1-4-13-33(14-5-1)34-23-25-37(26-24-34)50-52-49(36-17-8-3-9-18-36)53-51(54-50)38-27-29-46-43(31-38)41-19-10-11-22-45(41)55(46)39-28-30-47-44(32-39)42-21-12-20-40(48(42)56-47)35-15-6-2-7-16-35/h1-32H. The maximum Gasteiger partial charge on any atom is 0.164 e. The molecule has 0 saturated carbocycles. The van der Waals surface area contributed by atoms with Gasteiger partial charge in [0.15, 0.2) is 17.5 Å². The molecule has 0 radical (unpaired) electrons. The van der Waals surface area contributed by atoms with Crippen molar-refractivity contribution < 1.29 is 4.42 Å². The molecular weight excluding hydrogens is 685 g/mol. The summed E-state index contributed by atoms with van der Waals surface area (Å²) in [7, 11) is 0. The number of rotatable bonds is 6. The average molecular weight is 717 g/mol. The van der Waals surface area contributed by atoms with Gasteiger partial charge in [0.1, 0.15) is 11.2 Å². The molecule has 0 fully saturated rings. The molecule has 3 heterocycles. The van der Waals surface area contributed by atoms with E-state index in [0.717, 1.165) is 82.8 Å². The van der Waals surface area contributed by atoms with E-state index in [4.69, 9.17) is 19.4 Å². The quantitative estimate of drug-likeness (QED) is 0.172. The van der Waals surface area contributed by atoms with Gasteiger partial charge < -0.3 is 8.98 Å². The van der Waals surface area contributed by atoms with Crippen LogP contribution in [0, 0.1) is 0 Å². The highest BCUT2D eigenvalue weighted by Gasteiger charge is 2.18. The summed E-state index contributed by atoms with van der Waals surface area (Å²) < 4.78 is 8.87. The number of benzene rings is 8. The molecule has 0 unspecified atom stereocenters. The van der Waals surface area contributed by atoms with Gasteiger partial charge in [-0.25, -0.2) is 15.0 Å². The molecular formula is C51H32N4O. The zero-order chi connectivity index (χ0) is 37.0. The molecule has 5 nitrogen and oxygen atoms in total. The highest BCUT2D eigenvalue weighted by Crippen LogP contribution is 2.39. The smallest absolute Gasteiger partial charge is 0.164 e. The van der Waals surface area contributed by atoms with Crippen molar-refractivity contribution in [3.63, 3.8) is 0 Å². The highest BCUT2D eigenvalue weighted by atomic mass is 16.3. The first-order valence-electron chi connectivity index (χ1n) is 18.8. The second kappa shape index (κ2) is 13.0. The molecule has 0 aliphatic heterocycles. The van der Waals surface area contributed by atoms with Crippen LogP contribution in [0.1, 0.15) is 0 Å². The molecule has 0 spiro atoms. The van der Waals surface area contributed by atoms with Crippen LogP contribution in [0.2, 0.25) is 0 Å². The lowest BCUT2D eigenvalue weighted by Crippen LogP contribution is -2.00. The second-order valence-electron chi connectivity index (χ2n) is 14.0. The van der Waals surface area contributed by atoms with Gasteiger partial charge in [-0.1, -0.05) is 152 Å². The first-order chi connectivity index (χ1) is 27.7. The van der Waals surface area contributed by atoms with Gasteiger partial charge in [0.2, 0.25) is 0 Å². The third-order valence-corrected chi connectivity index (χ3v) is 10.7. The topological polar surface area (TPSA) is 56.7 Å². The number of para-hydroxylation sites is 2. The van der Waals surface area contributed by atoms with Crippen LogP contribution >= 0.6 is 0 Å². The summed E-state index contributed by atoms with van der Waals surface area (Å²) in [5.41, 5.74) is 12.4. The van der Waals surface area contributed by atoms with Crippen LogP contribution in [-0.2, 0) is 0 Å². The lowest BCUT2D eigenvalue weighted by Gasteiger charge is -2.10. The Balaban J connectivity index is 1.05. The van der Waals surface area contributed by atoms with E-state index in [0.29, 0.717) is 17.5 Å². The van der Waals surface area contributed by atoms with Crippen molar-refractivity contribution in [2.45, 2.75) is 0 Å². The largest absolute Gasteiger partial charge is 0.455 e. The minimum atomic E-state index is 0.625. The minimum absolute atomic E-state index is 0.625. The maximum atomic E-state index is 6.53. The van der Waals surface area contributed by atoms with Gasteiger partial charge in [-0.15, -0.1) is 0 Å². The van der Waals surface area contributed by atoms with E-state index in [-0.39, 0.29) is 0 Å². The molecule has 0 amide bonds. The monoisotopic (exact) mass is 716 g/mol. The molecule has 56 heavy (non-hydrogen) atoms. The Morgan fingerprint density at radius 3 is 1.61 bits per heavy atom. The summed E-state index contributed by atoms with van der Waals surface area (Å²) in [6.07, 6.45) is 0. The number of furan rings is 1. The molecule has 0 aliphatic carbocycles. The van der Waals surface area contributed by atoms with Crippen molar-refractivity contribution in [3.8, 4) is 62.1 Å². The van der Waals surface area contributed by atoms with E-state index >= 15 is 0 Å². The van der Waals surface area contributed by atoms with Crippen LogP contribution in [0.3, 0.4) is 0 Å². The Labute approximate surface area is 322 Å². The average Bonchev–Trinajstić information content (AvgIpc) is 3.82. The van der Waals surface area contributed by atoms with Crippen LogP contribution in [0.15, 0.2) is 199 Å². The van der Waals surface area contributed by atoms with Crippen LogP contribution < -0.4 is 0 Å². The summed E-state index contributed by atoms with van der Waals surface area (Å²) in [5, 5.41) is 4.46. The van der Waals surface area contributed by atoms with E-state index in [9.17, 15) is 0 Å². The fourth-order valence-corrected chi connectivity index (χ4v) is 7.95. The summed E-state index contributed by atoms with van der Waals surface area (Å²) >= 11 is 0. The van der Waals surface area contributed by atoms with Crippen molar-refractivity contribution >= 4 is 43.7 Å². The molecule has 0 aliphatic rings. The van der Waals surface area contributed by atoms with Crippen LogP contribution in [0.4, 0.5) is 0 Å². The summed E-state index contributed by atoms with van der Waals surface area (Å²) in [4.78, 5) is 15.2. The number of hydrogen-bond donors (Lipinski definition) is 0. The fourth-order valence-electron chi connectivity index (χ4n) is 7.95. The van der Waals surface area contributed by atoms with Crippen LogP contribution in [-0.4, -0.2) is 19.5 Å². The molecule has 11 rings (SSSR count). The fraction of sp³-hybridized carbons (Fsp3) is 0. The first kappa shape index (κ1) is 31.9. The van der Waals surface area contributed by atoms with Gasteiger partial charge in [0.05, 0.1) is 11.0 Å². The number of hydrogen-bond acceptors (Lipinski definition) is 4. The summed E-state index contributed by atoms with van der Waals surface area (Å²) in [5.74, 6) is 1.89. The SMILES string of the molecule is c1ccc(-c2ccc(-c3nc(-c4ccccc4)nc(-c4ccc5c(c4)c4ccccc4n5-c4ccc5oc6c(-c7ccccc7)cccc6c5c4)n3)cc2)cc1. The van der Waals surface area contributed by atoms with Gasteiger partial charge >= 0.3 is 0 Å². The zero-order valence-electron chi connectivity index (χ0n) is 30.2. The lowest BCUT2D eigenvalue weighted by molar-refractivity contribution is 0.670. The Morgan fingerprint density at radius 2 is 0.875 bits per heavy atom. The number of fused-ring (bicyclic) bond motifs is 6. The van der Waals surface area contributed by atoms with Gasteiger partial charge in [0.25, 0.3) is 0 Å². The Morgan fingerprint density at radius 1 is 0.339 bits per heavy atom. The normalized spacial score (nSPS) is 11.6. The molecule has 0 N–H and O–H groups in total. The molecule has 0 bridgehead atoms. The van der Waals surface area contributed by atoms with E-state index < -0.39 is 0 Å². The van der Waals surface area contributed by atoms with E-state index in [1.54, 1.807) is 0 Å². The van der Waals surface area contributed by atoms with E-state index in [2.05, 4.69) is 156 Å². The third kappa shape index (κ3) is 5.37. The number of nitrogens with zero attached hydrogens (tertiary/aromatic N) is 4. The predicted molar refractivity (Wildman–Crippen MR) is 229 cm³/mol. The highest BCUT2D eigenvalue weighted by molar-refractivity contribution is 6.12. The third-order valence-electron chi connectivity index (χ3n) is 10.7. The van der Waals surface area contributed by atoms with Crippen LogP contribution in [0.5, 0.6) is 0 Å². The van der Waals surface area contributed by atoms with Gasteiger partial charge in [0, 0.05) is 49.5 Å².